The van der Waals surface area contributed by atoms with Crippen molar-refractivity contribution in [3.63, 3.8) is 0 Å². The Morgan fingerprint density at radius 1 is 1.43 bits per heavy atom. The third kappa shape index (κ3) is 1.31. The molecule has 72 valence electrons. The zero-order valence-electron chi connectivity index (χ0n) is 8.24. The standard InChI is InChI=1S/C11H12N2O/c1-7(2)8-3-9(5-14)11-10(4-8)12-6-13-11/h3-7H,1-2H3,(H,12,13). The zero-order valence-corrected chi connectivity index (χ0v) is 8.24. The molecule has 0 saturated heterocycles. The van der Waals surface area contributed by atoms with Gasteiger partial charge >= 0.3 is 0 Å². The van der Waals surface area contributed by atoms with Crippen LogP contribution in [0.4, 0.5) is 0 Å². The molecule has 2 rings (SSSR count). The Morgan fingerprint density at radius 3 is 2.86 bits per heavy atom. The topological polar surface area (TPSA) is 45.8 Å². The Labute approximate surface area is 82.2 Å². The number of H-pyrrole nitrogens is 1. The monoisotopic (exact) mass is 188 g/mol. The minimum absolute atomic E-state index is 0.418. The van der Waals surface area contributed by atoms with Gasteiger partial charge in [0.2, 0.25) is 0 Å². The lowest BCUT2D eigenvalue weighted by molar-refractivity contribution is 0.112. The van der Waals surface area contributed by atoms with E-state index in [1.807, 2.05) is 12.1 Å². The summed E-state index contributed by atoms with van der Waals surface area (Å²) in [6, 6.07) is 3.95. The highest BCUT2D eigenvalue weighted by Gasteiger charge is 2.07. The summed E-state index contributed by atoms with van der Waals surface area (Å²) in [6.07, 6.45) is 2.47. The maximum absolute atomic E-state index is 10.8. The van der Waals surface area contributed by atoms with E-state index < -0.39 is 0 Å². The van der Waals surface area contributed by atoms with Gasteiger partial charge in [-0.1, -0.05) is 13.8 Å². The molecule has 0 fully saturated rings. The van der Waals surface area contributed by atoms with E-state index in [2.05, 4.69) is 23.8 Å². The maximum Gasteiger partial charge on any atom is 0.152 e. The predicted octanol–water partition coefficient (Wildman–Crippen LogP) is 2.50. The molecule has 0 aliphatic rings. The quantitative estimate of drug-likeness (QED) is 0.736. The second kappa shape index (κ2) is 3.25. The van der Waals surface area contributed by atoms with Gasteiger partial charge in [0.05, 0.1) is 17.4 Å². The van der Waals surface area contributed by atoms with E-state index in [9.17, 15) is 4.79 Å². The number of carbonyl (C=O) groups excluding carboxylic acids is 1. The first-order valence-corrected chi connectivity index (χ1v) is 4.64. The van der Waals surface area contributed by atoms with Crippen LogP contribution in [0, 0.1) is 0 Å². The average molecular weight is 188 g/mol. The van der Waals surface area contributed by atoms with Gasteiger partial charge in [0.1, 0.15) is 0 Å². The summed E-state index contributed by atoms with van der Waals surface area (Å²) >= 11 is 0. The van der Waals surface area contributed by atoms with Crippen LogP contribution in [0.2, 0.25) is 0 Å². The van der Waals surface area contributed by atoms with Gasteiger partial charge in [-0.05, 0) is 23.6 Å². The van der Waals surface area contributed by atoms with E-state index >= 15 is 0 Å². The average Bonchev–Trinajstić information content (AvgIpc) is 2.63. The van der Waals surface area contributed by atoms with Crippen LogP contribution in [-0.4, -0.2) is 16.3 Å². The van der Waals surface area contributed by atoms with Crippen molar-refractivity contribution in [3.8, 4) is 0 Å². The number of carbonyl (C=O) groups is 1. The number of aromatic amines is 1. The van der Waals surface area contributed by atoms with Gasteiger partial charge in [-0.25, -0.2) is 4.98 Å². The number of nitrogens with zero attached hydrogens (tertiary/aromatic N) is 1. The molecule has 14 heavy (non-hydrogen) atoms. The van der Waals surface area contributed by atoms with E-state index in [0.29, 0.717) is 11.5 Å². The number of nitrogens with one attached hydrogen (secondary N) is 1. The van der Waals surface area contributed by atoms with Crippen molar-refractivity contribution in [2.45, 2.75) is 19.8 Å². The first-order chi connectivity index (χ1) is 6.72. The Balaban J connectivity index is 2.73. The molecular weight excluding hydrogens is 176 g/mol. The summed E-state index contributed by atoms with van der Waals surface area (Å²) in [5, 5.41) is 0. The number of aromatic nitrogens is 2. The Kier molecular flexibility index (Phi) is 2.08. The molecule has 0 spiro atoms. The van der Waals surface area contributed by atoms with Gasteiger partial charge in [0.15, 0.2) is 6.29 Å². The van der Waals surface area contributed by atoms with Crippen molar-refractivity contribution >= 4 is 17.3 Å². The van der Waals surface area contributed by atoms with Crippen molar-refractivity contribution in [3.05, 3.63) is 29.6 Å². The molecule has 1 N–H and O–H groups in total. The molecule has 0 amide bonds. The van der Waals surface area contributed by atoms with Gasteiger partial charge in [-0.3, -0.25) is 4.79 Å². The van der Waals surface area contributed by atoms with E-state index in [-0.39, 0.29) is 0 Å². The van der Waals surface area contributed by atoms with Crippen LogP contribution in [0.25, 0.3) is 11.0 Å². The zero-order chi connectivity index (χ0) is 10.1. The Bertz CT molecular complexity index is 471. The second-order valence-corrected chi connectivity index (χ2v) is 3.68. The molecule has 3 heteroatoms. The molecule has 1 heterocycles. The Hall–Kier alpha value is -1.64. The maximum atomic E-state index is 10.8. The van der Waals surface area contributed by atoms with Crippen LogP contribution >= 0.6 is 0 Å². The number of aldehydes is 1. The SMILES string of the molecule is CC(C)c1cc(C=O)c2nc[nH]c2c1. The highest BCUT2D eigenvalue weighted by atomic mass is 16.1. The minimum Gasteiger partial charge on any atom is -0.345 e. The molecular formula is C11H12N2O. The minimum atomic E-state index is 0.418. The highest BCUT2D eigenvalue weighted by molar-refractivity contribution is 5.94. The molecule has 0 aliphatic carbocycles. The van der Waals surface area contributed by atoms with Crippen LogP contribution < -0.4 is 0 Å². The van der Waals surface area contributed by atoms with Crippen molar-refractivity contribution < 1.29 is 4.79 Å². The molecule has 2 aromatic rings. The normalized spacial score (nSPS) is 11.1. The van der Waals surface area contributed by atoms with Crippen molar-refractivity contribution in [2.24, 2.45) is 0 Å². The van der Waals surface area contributed by atoms with Crippen LogP contribution in [0.1, 0.15) is 35.7 Å². The lowest BCUT2D eigenvalue weighted by Gasteiger charge is -2.05. The van der Waals surface area contributed by atoms with E-state index in [0.717, 1.165) is 22.9 Å². The number of hydrogen-bond donors (Lipinski definition) is 1. The molecule has 0 radical (unpaired) electrons. The molecule has 0 atom stereocenters. The fourth-order valence-electron chi connectivity index (χ4n) is 1.52. The summed E-state index contributed by atoms with van der Waals surface area (Å²) in [7, 11) is 0. The first kappa shape index (κ1) is 8.94. The lowest BCUT2D eigenvalue weighted by Crippen LogP contribution is -1.91. The van der Waals surface area contributed by atoms with Crippen LogP contribution in [0.5, 0.6) is 0 Å². The molecule has 0 aliphatic heterocycles. The van der Waals surface area contributed by atoms with Crippen molar-refractivity contribution in [1.29, 1.82) is 0 Å². The Morgan fingerprint density at radius 2 is 2.21 bits per heavy atom. The summed E-state index contributed by atoms with van der Waals surface area (Å²) in [4.78, 5) is 18.0. The first-order valence-electron chi connectivity index (χ1n) is 4.64. The highest BCUT2D eigenvalue weighted by Crippen LogP contribution is 2.21. The van der Waals surface area contributed by atoms with Gasteiger partial charge in [0.25, 0.3) is 0 Å². The fraction of sp³-hybridized carbons (Fsp3) is 0.273. The lowest BCUT2D eigenvalue weighted by atomic mass is 10.00. The number of rotatable bonds is 2. The molecule has 1 aromatic heterocycles. The molecule has 0 saturated carbocycles. The van der Waals surface area contributed by atoms with Crippen molar-refractivity contribution in [2.75, 3.05) is 0 Å². The number of fused-ring (bicyclic) bond motifs is 1. The summed E-state index contributed by atoms with van der Waals surface area (Å²) in [5.41, 5.74) is 3.50. The summed E-state index contributed by atoms with van der Waals surface area (Å²) in [5.74, 6) is 0.418. The second-order valence-electron chi connectivity index (χ2n) is 3.68. The van der Waals surface area contributed by atoms with E-state index in [1.54, 1.807) is 6.33 Å². The molecule has 3 nitrogen and oxygen atoms in total. The predicted molar refractivity (Wildman–Crippen MR) is 55.6 cm³/mol. The van der Waals surface area contributed by atoms with Crippen LogP contribution in [0.15, 0.2) is 18.5 Å². The fourth-order valence-corrected chi connectivity index (χ4v) is 1.52. The van der Waals surface area contributed by atoms with Gasteiger partial charge in [-0.15, -0.1) is 0 Å². The smallest absolute Gasteiger partial charge is 0.152 e. The number of benzene rings is 1. The number of hydrogen-bond acceptors (Lipinski definition) is 2. The number of imidazole rings is 1. The molecule has 1 aromatic carbocycles. The van der Waals surface area contributed by atoms with Gasteiger partial charge in [-0.2, -0.15) is 0 Å². The summed E-state index contributed by atoms with van der Waals surface area (Å²) in [6.45, 7) is 4.21. The van der Waals surface area contributed by atoms with Crippen LogP contribution in [-0.2, 0) is 0 Å². The van der Waals surface area contributed by atoms with Gasteiger partial charge in [0, 0.05) is 5.56 Å². The molecule has 0 bridgehead atoms. The van der Waals surface area contributed by atoms with Crippen LogP contribution in [0.3, 0.4) is 0 Å². The largest absolute Gasteiger partial charge is 0.345 e. The van der Waals surface area contributed by atoms with E-state index in [4.69, 9.17) is 0 Å². The summed E-state index contributed by atoms with van der Waals surface area (Å²) < 4.78 is 0. The van der Waals surface area contributed by atoms with E-state index in [1.165, 1.54) is 0 Å². The van der Waals surface area contributed by atoms with Crippen molar-refractivity contribution in [1.82, 2.24) is 9.97 Å². The third-order valence-corrected chi connectivity index (χ3v) is 2.37. The van der Waals surface area contributed by atoms with Gasteiger partial charge < -0.3 is 4.98 Å². The molecule has 0 unspecified atom stereocenters. The third-order valence-electron chi connectivity index (χ3n) is 2.37.